The molecule has 1 aliphatic rings. The molecular weight excluding hydrogens is 667 g/mol. The van der Waals surface area contributed by atoms with Gasteiger partial charge in [0.25, 0.3) is 0 Å². The Morgan fingerprint density at radius 3 is 1.40 bits per heavy atom. The van der Waals surface area contributed by atoms with Gasteiger partial charge in [-0.2, -0.15) is 0 Å². The van der Waals surface area contributed by atoms with Crippen LogP contribution in [0.1, 0.15) is 25.0 Å². The lowest BCUT2D eigenvalue weighted by atomic mass is 9.79. The fraction of sp³-hybridized carbons (Fsp3) is 0.0577. The van der Waals surface area contributed by atoms with Gasteiger partial charge in [0.1, 0.15) is 0 Å². The predicted molar refractivity (Wildman–Crippen MR) is 228 cm³/mol. The summed E-state index contributed by atoms with van der Waals surface area (Å²) in [7, 11) is 0. The van der Waals surface area contributed by atoms with Gasteiger partial charge >= 0.3 is 0 Å². The highest BCUT2D eigenvalue weighted by Gasteiger charge is 2.39. The van der Waals surface area contributed by atoms with E-state index in [4.69, 9.17) is 15.0 Å². The average molecular weight is 704 g/mol. The second kappa shape index (κ2) is 13.2. The standard InChI is InChI=1S/C52H37N3/c1-52(2)46-29-15-28-45(47(46)44-31-30-42-41(36-20-10-5-11-21-36)26-14-27-43(42)48(44)52)51-54-49(39-24-12-22-37(32-39)34-16-6-3-7-17-34)53-50(55-51)40-25-13-23-38(33-40)35-18-8-4-9-19-35/h3-33H,1-2H3. The van der Waals surface area contributed by atoms with Gasteiger partial charge in [-0.25, -0.2) is 15.0 Å². The van der Waals surface area contributed by atoms with Crippen molar-refractivity contribution in [3.63, 3.8) is 0 Å². The van der Waals surface area contributed by atoms with Crippen LogP contribution < -0.4 is 0 Å². The first-order chi connectivity index (χ1) is 27.0. The topological polar surface area (TPSA) is 38.7 Å². The number of hydrogen-bond acceptors (Lipinski definition) is 3. The smallest absolute Gasteiger partial charge is 0.164 e. The molecule has 55 heavy (non-hydrogen) atoms. The van der Waals surface area contributed by atoms with Crippen molar-refractivity contribution in [2.24, 2.45) is 0 Å². The van der Waals surface area contributed by atoms with Crippen molar-refractivity contribution in [3.8, 4) is 78.7 Å². The molecule has 0 saturated carbocycles. The van der Waals surface area contributed by atoms with Crippen molar-refractivity contribution in [2.75, 3.05) is 0 Å². The highest BCUT2D eigenvalue weighted by Crippen LogP contribution is 2.54. The van der Waals surface area contributed by atoms with Crippen LogP contribution in [-0.2, 0) is 5.41 Å². The summed E-state index contributed by atoms with van der Waals surface area (Å²) >= 11 is 0. The van der Waals surface area contributed by atoms with Gasteiger partial charge in [-0.15, -0.1) is 0 Å². The maximum Gasteiger partial charge on any atom is 0.164 e. The summed E-state index contributed by atoms with van der Waals surface area (Å²) in [5, 5.41) is 2.54. The van der Waals surface area contributed by atoms with Crippen molar-refractivity contribution in [1.29, 1.82) is 0 Å². The van der Waals surface area contributed by atoms with Crippen LogP contribution in [0, 0.1) is 0 Å². The number of benzene rings is 8. The van der Waals surface area contributed by atoms with Crippen LogP contribution in [0.3, 0.4) is 0 Å². The maximum atomic E-state index is 5.31. The Balaban J connectivity index is 1.19. The van der Waals surface area contributed by atoms with E-state index in [0.29, 0.717) is 17.5 Å². The summed E-state index contributed by atoms with van der Waals surface area (Å²) in [6.07, 6.45) is 0. The molecule has 0 spiro atoms. The summed E-state index contributed by atoms with van der Waals surface area (Å²) in [6.45, 7) is 4.70. The third kappa shape index (κ3) is 5.64. The van der Waals surface area contributed by atoms with Crippen molar-refractivity contribution in [2.45, 2.75) is 19.3 Å². The van der Waals surface area contributed by atoms with Crippen LogP contribution in [0.25, 0.3) is 89.4 Å². The minimum absolute atomic E-state index is 0.248. The van der Waals surface area contributed by atoms with E-state index >= 15 is 0 Å². The van der Waals surface area contributed by atoms with E-state index in [1.165, 1.54) is 44.2 Å². The minimum Gasteiger partial charge on any atom is -0.208 e. The van der Waals surface area contributed by atoms with E-state index in [1.54, 1.807) is 0 Å². The normalized spacial score (nSPS) is 12.7. The van der Waals surface area contributed by atoms with Gasteiger partial charge in [-0.05, 0) is 78.5 Å². The molecule has 0 unspecified atom stereocenters. The zero-order valence-electron chi connectivity index (χ0n) is 30.7. The van der Waals surface area contributed by atoms with Gasteiger partial charge in [0.2, 0.25) is 0 Å². The molecule has 0 radical (unpaired) electrons. The summed E-state index contributed by atoms with van der Waals surface area (Å²) in [5.74, 6) is 1.95. The summed E-state index contributed by atoms with van der Waals surface area (Å²) < 4.78 is 0. The number of aromatic nitrogens is 3. The lowest BCUT2D eigenvalue weighted by molar-refractivity contribution is 0.666. The average Bonchev–Trinajstić information content (AvgIpc) is 3.50. The lowest BCUT2D eigenvalue weighted by Gasteiger charge is -2.24. The molecule has 260 valence electrons. The fourth-order valence-electron chi connectivity index (χ4n) is 8.48. The number of hydrogen-bond donors (Lipinski definition) is 0. The van der Waals surface area contributed by atoms with Crippen LogP contribution in [-0.4, -0.2) is 15.0 Å². The second-order valence-electron chi connectivity index (χ2n) is 14.8. The van der Waals surface area contributed by atoms with Crippen LogP contribution in [0.15, 0.2) is 188 Å². The molecular formula is C52H37N3. The van der Waals surface area contributed by atoms with Crippen molar-refractivity contribution < 1.29 is 0 Å². The molecule has 0 fully saturated rings. The Kier molecular flexibility index (Phi) is 7.81. The highest BCUT2D eigenvalue weighted by molar-refractivity contribution is 6.06. The molecule has 0 N–H and O–H groups in total. The van der Waals surface area contributed by atoms with Gasteiger partial charge in [-0.3, -0.25) is 0 Å². The monoisotopic (exact) mass is 703 g/mol. The van der Waals surface area contributed by atoms with E-state index in [9.17, 15) is 0 Å². The number of nitrogens with zero attached hydrogens (tertiary/aromatic N) is 3. The summed E-state index contributed by atoms with van der Waals surface area (Å²) in [4.78, 5) is 15.8. The Morgan fingerprint density at radius 1 is 0.327 bits per heavy atom. The SMILES string of the molecule is CC1(C)c2cccc(-c3nc(-c4cccc(-c5ccccc5)c4)nc(-c4cccc(-c5ccccc5)c4)n3)c2-c2ccc3c(-c4ccccc4)cccc3c21. The van der Waals surface area contributed by atoms with E-state index in [1.807, 2.05) is 12.1 Å². The van der Waals surface area contributed by atoms with Crippen LogP contribution >= 0.6 is 0 Å². The molecule has 1 aromatic heterocycles. The largest absolute Gasteiger partial charge is 0.208 e. The molecule has 0 atom stereocenters. The lowest BCUT2D eigenvalue weighted by Crippen LogP contribution is -2.15. The molecule has 0 saturated heterocycles. The fourth-order valence-corrected chi connectivity index (χ4v) is 8.48. The van der Waals surface area contributed by atoms with Gasteiger partial charge < -0.3 is 0 Å². The third-order valence-electron chi connectivity index (χ3n) is 11.1. The molecule has 0 aliphatic heterocycles. The molecule has 0 bridgehead atoms. The summed E-state index contributed by atoms with van der Waals surface area (Å²) in [6, 6.07) is 66.6. The van der Waals surface area contributed by atoms with Gasteiger partial charge in [0, 0.05) is 22.1 Å². The zero-order chi connectivity index (χ0) is 36.9. The summed E-state index contributed by atoms with van der Waals surface area (Å²) in [5.41, 5.74) is 14.7. The first kappa shape index (κ1) is 32.7. The molecule has 1 heterocycles. The van der Waals surface area contributed by atoms with E-state index < -0.39 is 0 Å². The molecule has 9 aromatic rings. The molecule has 1 aliphatic carbocycles. The molecule has 10 rings (SSSR count). The van der Waals surface area contributed by atoms with Crippen LogP contribution in [0.2, 0.25) is 0 Å². The minimum atomic E-state index is -0.248. The van der Waals surface area contributed by atoms with Crippen molar-refractivity contribution in [1.82, 2.24) is 15.0 Å². The van der Waals surface area contributed by atoms with Gasteiger partial charge in [0.15, 0.2) is 17.5 Å². The Labute approximate surface area is 321 Å². The quantitative estimate of drug-likeness (QED) is 0.173. The van der Waals surface area contributed by atoms with E-state index in [-0.39, 0.29) is 5.41 Å². The molecule has 3 heteroatoms. The van der Waals surface area contributed by atoms with Crippen LogP contribution in [0.4, 0.5) is 0 Å². The van der Waals surface area contributed by atoms with Gasteiger partial charge in [0.05, 0.1) is 0 Å². The molecule has 0 amide bonds. The van der Waals surface area contributed by atoms with Crippen LogP contribution in [0.5, 0.6) is 0 Å². The predicted octanol–water partition coefficient (Wildman–Crippen LogP) is 13.3. The Bertz CT molecular complexity index is 2780. The van der Waals surface area contributed by atoms with E-state index in [2.05, 4.69) is 190 Å². The van der Waals surface area contributed by atoms with Crippen molar-refractivity contribution >= 4 is 10.8 Å². The first-order valence-corrected chi connectivity index (χ1v) is 18.9. The maximum absolute atomic E-state index is 5.31. The molecule has 3 nitrogen and oxygen atoms in total. The third-order valence-corrected chi connectivity index (χ3v) is 11.1. The van der Waals surface area contributed by atoms with Crippen molar-refractivity contribution in [3.05, 3.63) is 199 Å². The first-order valence-electron chi connectivity index (χ1n) is 18.9. The van der Waals surface area contributed by atoms with Gasteiger partial charge in [-0.1, -0.05) is 190 Å². The second-order valence-corrected chi connectivity index (χ2v) is 14.8. The zero-order valence-corrected chi connectivity index (χ0v) is 30.7. The number of fused-ring (bicyclic) bond motifs is 5. The number of rotatable bonds is 6. The Hall–Kier alpha value is -6.97. The molecule has 8 aromatic carbocycles. The van der Waals surface area contributed by atoms with E-state index in [0.717, 1.165) is 38.9 Å². The highest BCUT2D eigenvalue weighted by atomic mass is 15.0. The Morgan fingerprint density at radius 2 is 0.800 bits per heavy atom.